The first kappa shape index (κ1) is 51.1. The Hall–Kier alpha value is -6.28. The van der Waals surface area contributed by atoms with Crippen molar-refractivity contribution < 1.29 is 38.6 Å². The first-order chi connectivity index (χ1) is 34.0. The van der Waals surface area contributed by atoms with Gasteiger partial charge in [-0.25, -0.2) is 5.43 Å². The smallest absolute Gasteiger partial charge is 0.324 e. The number of cyclic esters (lactones) is 1. The van der Waals surface area contributed by atoms with Crippen LogP contribution in [0.5, 0.6) is 5.75 Å². The second-order valence-corrected chi connectivity index (χ2v) is 20.6. The number of carbonyl (C=O) groups excluding carboxylic acids is 5. The minimum atomic E-state index is -1.17. The number of aromatic nitrogens is 2. The fourth-order valence-corrected chi connectivity index (χ4v) is 10.8. The van der Waals surface area contributed by atoms with Gasteiger partial charge in [-0.1, -0.05) is 52.7 Å². The average Bonchev–Trinajstić information content (AvgIpc) is 3.98. The number of ether oxygens (including phenoxy) is 2. The number of aromatic hydroxyl groups is 1. The number of pyridine rings is 1. The molecule has 2 aromatic heterocycles. The molecule has 0 saturated carbocycles. The maximum Gasteiger partial charge on any atom is 0.324 e. The molecule has 16 nitrogen and oxygen atoms in total. The molecule has 378 valence electrons. The van der Waals surface area contributed by atoms with Crippen molar-refractivity contribution in [1.82, 2.24) is 40.0 Å². The van der Waals surface area contributed by atoms with Crippen molar-refractivity contribution in [2.24, 2.45) is 17.3 Å². The number of aryl methyl sites for hydroxylation is 2. The van der Waals surface area contributed by atoms with Gasteiger partial charge in [0.1, 0.15) is 23.9 Å². The number of nitrogens with one attached hydrogen (secondary N) is 2. The lowest BCUT2D eigenvalue weighted by Gasteiger charge is -2.37. The molecule has 3 N–H and O–H groups in total. The number of carbonyl (C=O) groups is 5. The van der Waals surface area contributed by atoms with E-state index < -0.39 is 47.2 Å². The van der Waals surface area contributed by atoms with Crippen molar-refractivity contribution in [2.75, 3.05) is 66.1 Å². The molecule has 16 heteroatoms. The van der Waals surface area contributed by atoms with Gasteiger partial charge < -0.3 is 34.3 Å². The van der Waals surface area contributed by atoms with E-state index in [9.17, 15) is 29.1 Å². The van der Waals surface area contributed by atoms with Crippen molar-refractivity contribution in [1.29, 1.82) is 0 Å². The fraction of sp³-hybridized carbons (Fsp3) is 0.527. The summed E-state index contributed by atoms with van der Waals surface area (Å²) in [6.45, 7) is 17.0. The van der Waals surface area contributed by atoms with E-state index in [-0.39, 0.29) is 49.6 Å². The monoisotopic (exact) mass is 971 g/mol. The first-order valence-electron chi connectivity index (χ1n) is 25.4. The summed E-state index contributed by atoms with van der Waals surface area (Å²) in [4.78, 5) is 80.6. The summed E-state index contributed by atoms with van der Waals surface area (Å²) in [5.41, 5.74) is 10.1. The number of morpholine rings is 1. The maximum absolute atomic E-state index is 14.8. The average molecular weight is 971 g/mol. The molecule has 3 saturated heterocycles. The largest absolute Gasteiger partial charge is 0.508 e. The molecular formula is C55H70N8O8. The van der Waals surface area contributed by atoms with Crippen molar-refractivity contribution in [3.63, 3.8) is 0 Å². The topological polar surface area (TPSA) is 179 Å². The molecule has 4 aliphatic heterocycles. The van der Waals surface area contributed by atoms with E-state index >= 15 is 0 Å². The Morgan fingerprint density at radius 2 is 1.80 bits per heavy atom. The summed E-state index contributed by atoms with van der Waals surface area (Å²) in [6.07, 6.45) is 4.53. The van der Waals surface area contributed by atoms with Crippen molar-refractivity contribution in [3.05, 3.63) is 71.5 Å². The fourth-order valence-electron chi connectivity index (χ4n) is 10.8. The van der Waals surface area contributed by atoms with Gasteiger partial charge in [0.2, 0.25) is 11.8 Å². The molecule has 4 aliphatic rings. The van der Waals surface area contributed by atoms with Gasteiger partial charge in [0.15, 0.2) is 0 Å². The van der Waals surface area contributed by atoms with Crippen LogP contribution in [0, 0.1) is 29.1 Å². The van der Waals surface area contributed by atoms with Crippen LogP contribution in [0.1, 0.15) is 77.6 Å². The number of hydrogen-bond donors (Lipinski definition) is 3. The minimum absolute atomic E-state index is 0.00267. The maximum atomic E-state index is 14.8. The second kappa shape index (κ2) is 22.0. The second-order valence-electron chi connectivity index (χ2n) is 20.6. The summed E-state index contributed by atoms with van der Waals surface area (Å²) in [7, 11) is 1.59. The zero-order valence-electron chi connectivity index (χ0n) is 42.4. The molecule has 0 radical (unpaired) electrons. The molecule has 8 rings (SSSR count). The number of nitrogens with zero attached hydrogens (tertiary/aromatic N) is 6. The van der Waals surface area contributed by atoms with E-state index in [4.69, 9.17) is 14.5 Å². The Morgan fingerprint density at radius 3 is 2.55 bits per heavy atom. The number of hydrazine groups is 1. The van der Waals surface area contributed by atoms with E-state index in [2.05, 4.69) is 77.9 Å². The molecule has 71 heavy (non-hydrogen) atoms. The summed E-state index contributed by atoms with van der Waals surface area (Å²) < 4.78 is 13.8. The van der Waals surface area contributed by atoms with Crippen LogP contribution in [0.15, 0.2) is 54.7 Å². The van der Waals surface area contributed by atoms with Crippen LogP contribution in [0.3, 0.4) is 0 Å². The normalized spacial score (nSPS) is 21.3. The number of likely N-dealkylation sites (N-methyl/N-ethyl adjacent to an activating group) is 1. The van der Waals surface area contributed by atoms with Gasteiger partial charge in [-0.2, -0.15) is 0 Å². The van der Waals surface area contributed by atoms with Gasteiger partial charge in [-0.3, -0.25) is 38.9 Å². The standard InChI is InChI=1S/C55H70N8O8/c1-8-44-41(13-10-19-56-44)50-43-32-55(5,6)34-71-54(69)45-14-11-21-63(58-45)53(68)46(29-36-27-39(30-40(64)28-36)37-16-17-47(42(43)31-37)62(50)9-2)57-51(66)49(35(3)4)59(7)52(67)38-18-22-61(33-38)48(65)15-12-20-60-23-25-70-26-24-60/h10,13,16-17,19,27-28,30-31,35,38,45-46,49,58,64H,8-9,11,14,18,20-26,29,32-34H2,1-7H3,(H,57,66)/t38-,45-,46-,49-/m0/s1. The molecule has 4 atom stereocenters. The van der Waals surface area contributed by atoms with Crippen molar-refractivity contribution >= 4 is 40.5 Å². The Kier molecular flexibility index (Phi) is 15.8. The van der Waals surface area contributed by atoms with Crippen LogP contribution in [0.25, 0.3) is 33.3 Å². The predicted octanol–water partition coefficient (Wildman–Crippen LogP) is 4.97. The zero-order chi connectivity index (χ0) is 50.6. The molecule has 4 amide bonds. The third kappa shape index (κ3) is 11.4. The van der Waals surface area contributed by atoms with Crippen LogP contribution < -0.4 is 10.7 Å². The Morgan fingerprint density at radius 1 is 1.01 bits per heavy atom. The third-order valence-electron chi connectivity index (χ3n) is 14.4. The van der Waals surface area contributed by atoms with Gasteiger partial charge in [-0.05, 0) is 110 Å². The van der Waals surface area contributed by atoms with E-state index in [1.165, 1.54) is 9.91 Å². The molecule has 0 spiro atoms. The number of hydrogen-bond acceptors (Lipinski definition) is 11. The van der Waals surface area contributed by atoms with Crippen LogP contribution in [0.2, 0.25) is 0 Å². The number of benzene rings is 2. The molecule has 3 fully saturated rings. The van der Waals surface area contributed by atoms with E-state index in [0.29, 0.717) is 64.1 Å². The van der Waals surface area contributed by atoms with E-state index in [0.717, 1.165) is 64.1 Å². The quantitative estimate of drug-likeness (QED) is 0.152. The predicted molar refractivity (Wildman–Crippen MR) is 270 cm³/mol. The van der Waals surface area contributed by atoms with Crippen LogP contribution in [-0.4, -0.2) is 148 Å². The highest BCUT2D eigenvalue weighted by atomic mass is 16.5. The van der Waals surface area contributed by atoms with E-state index in [1.54, 1.807) is 24.1 Å². The van der Waals surface area contributed by atoms with Gasteiger partial charge in [0.25, 0.3) is 11.8 Å². The van der Waals surface area contributed by atoms with Crippen molar-refractivity contribution in [2.45, 2.75) is 105 Å². The summed E-state index contributed by atoms with van der Waals surface area (Å²) in [5.74, 6) is 2.74. The Bertz CT molecular complexity index is 2710. The summed E-state index contributed by atoms with van der Waals surface area (Å²) >= 11 is 0. The van der Waals surface area contributed by atoms with Crippen LogP contribution in [0.4, 0.5) is 0 Å². The lowest BCUT2D eigenvalue weighted by atomic mass is 9.84. The molecule has 6 bridgehead atoms. The molecule has 4 aromatic rings. The number of rotatable bonds is 9. The summed E-state index contributed by atoms with van der Waals surface area (Å²) in [6, 6.07) is 12.7. The molecular weight excluding hydrogens is 901 g/mol. The number of likely N-dealkylation sites (tertiary alicyclic amines) is 1. The number of amides is 4. The summed E-state index contributed by atoms with van der Waals surface area (Å²) in [5, 5.41) is 16.8. The number of phenolic OH excluding ortho intramolecular Hbond substituents is 1. The molecule has 0 unspecified atom stereocenters. The number of phenols is 1. The van der Waals surface area contributed by atoms with Crippen LogP contribution >= 0.6 is 0 Å². The van der Waals surface area contributed by atoms with Crippen LogP contribution in [-0.2, 0) is 59.3 Å². The van der Waals surface area contributed by atoms with E-state index in [1.807, 2.05) is 38.2 Å². The SMILES string of the molecule is CCc1ncccc1-c1c2c3cc(ccc3n1CC)-c1cc(O)cc(c1)C[C@H](NC(=O)[C@H](C(C)C)N(C)C(=O)[C@H]1CCN(C(=O)C#CCN3CCOCC3)C1)C(=O)N1CCC[C@H](N1)C(=O)OCC(C)(C)C2. The molecule has 0 aliphatic carbocycles. The van der Waals surface area contributed by atoms with Gasteiger partial charge in [0.05, 0.1) is 38.0 Å². The number of fused-ring (bicyclic) bond motifs is 6. The number of esters is 1. The lowest BCUT2D eigenvalue weighted by Crippen LogP contribution is -2.62. The molecule has 2 aromatic carbocycles. The minimum Gasteiger partial charge on any atom is -0.508 e. The zero-order valence-corrected chi connectivity index (χ0v) is 42.4. The van der Waals surface area contributed by atoms with Gasteiger partial charge in [0, 0.05) is 86.5 Å². The first-order valence-corrected chi connectivity index (χ1v) is 25.4. The molecule has 6 heterocycles. The highest BCUT2D eigenvalue weighted by Gasteiger charge is 2.40. The third-order valence-corrected chi connectivity index (χ3v) is 14.4. The van der Waals surface area contributed by atoms with Gasteiger partial charge in [-0.15, -0.1) is 0 Å². The Balaban J connectivity index is 1.10. The van der Waals surface area contributed by atoms with Crippen molar-refractivity contribution in [3.8, 4) is 40.0 Å². The Labute approximate surface area is 417 Å². The van der Waals surface area contributed by atoms with Gasteiger partial charge >= 0.3 is 5.97 Å². The highest BCUT2D eigenvalue weighted by Crippen LogP contribution is 2.41. The highest BCUT2D eigenvalue weighted by molar-refractivity contribution is 5.97. The lowest BCUT2D eigenvalue weighted by molar-refractivity contribution is -0.155.